The summed E-state index contributed by atoms with van der Waals surface area (Å²) in [5.74, 6) is -3.88. The Morgan fingerprint density at radius 3 is 1.75 bits per heavy atom. The first-order chi connectivity index (χ1) is 9.04. The molecule has 0 aromatic heterocycles. The van der Waals surface area contributed by atoms with Crippen molar-refractivity contribution in [3.63, 3.8) is 0 Å². The van der Waals surface area contributed by atoms with Crippen molar-refractivity contribution in [3.05, 3.63) is 0 Å². The molecule has 0 fully saturated rings. The number of halogens is 3. The summed E-state index contributed by atoms with van der Waals surface area (Å²) in [6.07, 6.45) is -6.30. The van der Waals surface area contributed by atoms with E-state index in [-0.39, 0.29) is 18.8 Å². The highest BCUT2D eigenvalue weighted by molar-refractivity contribution is 5.98. The summed E-state index contributed by atoms with van der Waals surface area (Å²) in [6.45, 7) is 2.75. The van der Waals surface area contributed by atoms with Crippen LogP contribution in [0.5, 0.6) is 0 Å². The lowest BCUT2D eigenvalue weighted by Gasteiger charge is -2.03. The van der Waals surface area contributed by atoms with E-state index in [2.05, 4.69) is 9.47 Å². The van der Waals surface area contributed by atoms with E-state index in [1.807, 2.05) is 0 Å². The van der Waals surface area contributed by atoms with Crippen LogP contribution in [-0.4, -0.2) is 43.4 Å². The summed E-state index contributed by atoms with van der Waals surface area (Å²) in [5.41, 5.74) is 0. The Balaban J connectivity index is 0. The van der Waals surface area contributed by atoms with Gasteiger partial charge in [-0.15, -0.1) is 0 Å². The van der Waals surface area contributed by atoms with Crippen LogP contribution in [0.4, 0.5) is 13.2 Å². The molecule has 0 aliphatic heterocycles. The van der Waals surface area contributed by atoms with Crippen LogP contribution in [0, 0.1) is 0 Å². The second-order valence-electron chi connectivity index (χ2n) is 3.36. The average molecular weight is 300 g/mol. The molecule has 0 radical (unpaired) electrons. The standard InChI is InChI=1S/C6H7F3O3.C5H8O3/c1-2-12-5(11)3-4(10)6(7,8)9;1-4(6)3-5(7)8-2/h2-3H2,1H3;3H2,1-2H3. The summed E-state index contributed by atoms with van der Waals surface area (Å²) < 4.78 is 42.8. The zero-order valence-corrected chi connectivity index (χ0v) is 11.2. The first-order valence-corrected chi connectivity index (χ1v) is 5.36. The minimum Gasteiger partial charge on any atom is -0.469 e. The molecule has 0 unspecified atom stereocenters. The molecule has 0 spiro atoms. The third-order valence-electron chi connectivity index (χ3n) is 1.55. The van der Waals surface area contributed by atoms with Gasteiger partial charge in [0, 0.05) is 0 Å². The number of methoxy groups -OCH3 is 1. The van der Waals surface area contributed by atoms with Crippen molar-refractivity contribution >= 4 is 23.5 Å². The van der Waals surface area contributed by atoms with E-state index < -0.39 is 30.3 Å². The number of alkyl halides is 3. The Bertz CT molecular complexity index is 362. The topological polar surface area (TPSA) is 86.7 Å². The van der Waals surface area contributed by atoms with Gasteiger partial charge in [0.15, 0.2) is 0 Å². The van der Waals surface area contributed by atoms with Crippen LogP contribution in [-0.2, 0) is 28.7 Å². The minimum absolute atomic E-state index is 0.0377. The van der Waals surface area contributed by atoms with Crippen LogP contribution in [0.25, 0.3) is 0 Å². The zero-order chi connectivity index (χ0) is 16.3. The van der Waals surface area contributed by atoms with E-state index >= 15 is 0 Å². The van der Waals surface area contributed by atoms with Gasteiger partial charge >= 0.3 is 18.1 Å². The SMILES string of the molecule is CCOC(=O)CC(=O)C(F)(F)F.COC(=O)CC(C)=O. The molecule has 0 aromatic rings. The van der Waals surface area contributed by atoms with E-state index in [9.17, 15) is 32.3 Å². The van der Waals surface area contributed by atoms with E-state index in [1.165, 1.54) is 21.0 Å². The fourth-order valence-corrected chi connectivity index (χ4v) is 0.719. The Labute approximate surface area is 113 Å². The van der Waals surface area contributed by atoms with Gasteiger partial charge in [-0.05, 0) is 13.8 Å². The number of carbonyl (C=O) groups is 4. The number of ketones is 2. The van der Waals surface area contributed by atoms with Crippen molar-refractivity contribution in [2.75, 3.05) is 13.7 Å². The molecule has 0 aliphatic carbocycles. The van der Waals surface area contributed by atoms with Gasteiger partial charge in [-0.1, -0.05) is 0 Å². The molecule has 0 N–H and O–H groups in total. The summed E-state index contributed by atoms with van der Waals surface area (Å²) in [6, 6.07) is 0. The second-order valence-corrected chi connectivity index (χ2v) is 3.36. The quantitative estimate of drug-likeness (QED) is 0.560. The van der Waals surface area contributed by atoms with Crippen LogP contribution in [0.1, 0.15) is 26.7 Å². The second kappa shape index (κ2) is 9.93. The van der Waals surface area contributed by atoms with Gasteiger partial charge in [-0.2, -0.15) is 13.2 Å². The van der Waals surface area contributed by atoms with Crippen LogP contribution < -0.4 is 0 Å². The Kier molecular flexibility index (Phi) is 10.1. The fraction of sp³-hybridized carbons (Fsp3) is 0.636. The average Bonchev–Trinajstić information content (AvgIpc) is 2.27. The number of hydrogen-bond acceptors (Lipinski definition) is 6. The maximum Gasteiger partial charge on any atom is 0.450 e. The largest absolute Gasteiger partial charge is 0.469 e. The van der Waals surface area contributed by atoms with Gasteiger partial charge in [0.05, 0.1) is 13.7 Å². The van der Waals surface area contributed by atoms with E-state index in [0.717, 1.165) is 0 Å². The van der Waals surface area contributed by atoms with Crippen LogP contribution in [0.2, 0.25) is 0 Å². The van der Waals surface area contributed by atoms with E-state index in [0.29, 0.717) is 0 Å². The molecule has 0 aliphatic rings. The van der Waals surface area contributed by atoms with Crippen molar-refractivity contribution in [2.24, 2.45) is 0 Å². The molecule has 0 heterocycles. The van der Waals surface area contributed by atoms with Gasteiger partial charge in [0.1, 0.15) is 18.6 Å². The number of carbonyl (C=O) groups excluding carboxylic acids is 4. The monoisotopic (exact) mass is 300 g/mol. The number of Topliss-reactive ketones (excluding diaryl/α,β-unsaturated/α-hetero) is 2. The number of ether oxygens (including phenoxy) is 2. The van der Waals surface area contributed by atoms with Crippen molar-refractivity contribution in [2.45, 2.75) is 32.9 Å². The van der Waals surface area contributed by atoms with E-state index in [4.69, 9.17) is 0 Å². The number of esters is 2. The molecule has 0 saturated heterocycles. The van der Waals surface area contributed by atoms with Gasteiger partial charge in [0.2, 0.25) is 5.78 Å². The number of hydrogen-bond donors (Lipinski definition) is 0. The van der Waals surface area contributed by atoms with Crippen molar-refractivity contribution < 1.29 is 41.8 Å². The first-order valence-electron chi connectivity index (χ1n) is 5.36. The minimum atomic E-state index is -4.95. The molecule has 0 aromatic carbocycles. The molecular weight excluding hydrogens is 285 g/mol. The third kappa shape index (κ3) is 12.5. The third-order valence-corrected chi connectivity index (χ3v) is 1.55. The zero-order valence-electron chi connectivity index (χ0n) is 11.2. The molecule has 0 bridgehead atoms. The van der Waals surface area contributed by atoms with Crippen molar-refractivity contribution in [3.8, 4) is 0 Å². The highest BCUT2D eigenvalue weighted by Gasteiger charge is 2.39. The highest BCUT2D eigenvalue weighted by atomic mass is 19.4. The Morgan fingerprint density at radius 1 is 1.00 bits per heavy atom. The summed E-state index contributed by atoms with van der Waals surface area (Å²) >= 11 is 0. The molecule has 116 valence electrons. The number of rotatable bonds is 5. The predicted octanol–water partition coefficient (Wildman–Crippen LogP) is 1.21. The molecule has 9 heteroatoms. The van der Waals surface area contributed by atoms with Gasteiger partial charge in [-0.3, -0.25) is 19.2 Å². The lowest BCUT2D eigenvalue weighted by Crippen LogP contribution is -2.26. The Morgan fingerprint density at radius 2 is 1.50 bits per heavy atom. The van der Waals surface area contributed by atoms with Crippen LogP contribution >= 0.6 is 0 Å². The summed E-state index contributed by atoms with van der Waals surface area (Å²) in [7, 11) is 1.26. The maximum absolute atomic E-state index is 11.5. The van der Waals surface area contributed by atoms with Gasteiger partial charge < -0.3 is 9.47 Å². The maximum atomic E-state index is 11.5. The molecule has 20 heavy (non-hydrogen) atoms. The smallest absolute Gasteiger partial charge is 0.450 e. The lowest BCUT2D eigenvalue weighted by molar-refractivity contribution is -0.174. The lowest BCUT2D eigenvalue weighted by atomic mass is 10.3. The molecule has 0 saturated carbocycles. The van der Waals surface area contributed by atoms with Gasteiger partial charge in [0.25, 0.3) is 0 Å². The molecule has 0 amide bonds. The van der Waals surface area contributed by atoms with Crippen LogP contribution in [0.15, 0.2) is 0 Å². The highest BCUT2D eigenvalue weighted by Crippen LogP contribution is 2.17. The Hall–Kier alpha value is -1.93. The molecule has 0 atom stereocenters. The molecule has 6 nitrogen and oxygen atoms in total. The van der Waals surface area contributed by atoms with E-state index in [1.54, 1.807) is 0 Å². The predicted molar refractivity (Wildman–Crippen MR) is 59.6 cm³/mol. The normalized spacial score (nSPS) is 9.90. The fourth-order valence-electron chi connectivity index (χ4n) is 0.719. The summed E-state index contributed by atoms with van der Waals surface area (Å²) in [4.78, 5) is 40.8. The summed E-state index contributed by atoms with van der Waals surface area (Å²) in [5, 5.41) is 0. The molecular formula is C11H15F3O6. The van der Waals surface area contributed by atoms with Crippen molar-refractivity contribution in [1.82, 2.24) is 0 Å². The van der Waals surface area contributed by atoms with Crippen LogP contribution in [0.3, 0.4) is 0 Å². The van der Waals surface area contributed by atoms with Crippen molar-refractivity contribution in [1.29, 1.82) is 0 Å². The molecule has 0 rings (SSSR count). The van der Waals surface area contributed by atoms with Gasteiger partial charge in [-0.25, -0.2) is 0 Å². The first kappa shape index (κ1) is 20.4.